The van der Waals surface area contributed by atoms with E-state index in [1.165, 1.54) is 7.11 Å². The molecule has 0 fully saturated rings. The fourth-order valence-electron chi connectivity index (χ4n) is 0.492. The highest BCUT2D eigenvalue weighted by atomic mass is 16.5. The Bertz CT molecular complexity index is 206. The predicted molar refractivity (Wildman–Crippen MR) is 38.7 cm³/mol. The minimum atomic E-state index is -0.0671. The van der Waals surface area contributed by atoms with Gasteiger partial charge in [-0.15, -0.1) is 0 Å². The molecule has 0 aromatic heterocycles. The van der Waals surface area contributed by atoms with Crippen molar-refractivity contribution in [2.75, 3.05) is 7.11 Å². The van der Waals surface area contributed by atoms with E-state index in [-0.39, 0.29) is 5.90 Å². The Morgan fingerprint density at radius 2 is 2.00 bits per heavy atom. The average Bonchev–Trinajstić information content (AvgIpc) is 1.88. The molecule has 0 aliphatic heterocycles. The summed E-state index contributed by atoms with van der Waals surface area (Å²) in [4.78, 5) is 0. The van der Waals surface area contributed by atoms with Crippen LogP contribution in [-0.2, 0) is 4.74 Å². The van der Waals surface area contributed by atoms with E-state index in [2.05, 4.69) is 4.74 Å². The van der Waals surface area contributed by atoms with Crippen molar-refractivity contribution < 1.29 is 4.74 Å². The average molecular weight is 138 g/mol. The van der Waals surface area contributed by atoms with Crippen LogP contribution in [-0.4, -0.2) is 13.0 Å². The van der Waals surface area contributed by atoms with E-state index >= 15 is 0 Å². The molecular weight excluding hydrogens is 128 g/mol. The van der Waals surface area contributed by atoms with Crippen molar-refractivity contribution in [2.45, 2.75) is 13.8 Å². The zero-order valence-electron chi connectivity index (χ0n) is 6.36. The molecule has 0 radical (unpaired) electrons. The standard InChI is InChI=1S/C7H10N2O/c1-5(2)6(4-8)7(9)10-3/h9H,1-3H3. The first-order valence-electron chi connectivity index (χ1n) is 2.84. The SMILES string of the molecule is COC(=N)C(C#N)=C(C)C. The Balaban J connectivity index is 4.59. The topological polar surface area (TPSA) is 56.9 Å². The molecule has 0 rings (SSSR count). The number of methoxy groups -OCH3 is 1. The number of nitrogens with zero attached hydrogens (tertiary/aromatic N) is 1. The third kappa shape index (κ3) is 1.90. The van der Waals surface area contributed by atoms with E-state index in [0.717, 1.165) is 5.57 Å². The largest absolute Gasteiger partial charge is 0.480 e. The summed E-state index contributed by atoms with van der Waals surface area (Å²) < 4.78 is 4.57. The van der Waals surface area contributed by atoms with Crippen molar-refractivity contribution >= 4 is 5.90 Å². The van der Waals surface area contributed by atoms with E-state index in [0.29, 0.717) is 5.57 Å². The van der Waals surface area contributed by atoms with Crippen LogP contribution in [0.25, 0.3) is 0 Å². The highest BCUT2D eigenvalue weighted by Gasteiger charge is 2.04. The van der Waals surface area contributed by atoms with Gasteiger partial charge in [0.05, 0.1) is 7.11 Å². The molecule has 54 valence electrons. The van der Waals surface area contributed by atoms with Crippen LogP contribution >= 0.6 is 0 Å². The molecule has 0 spiro atoms. The van der Waals surface area contributed by atoms with Gasteiger partial charge in [0.2, 0.25) is 5.90 Å². The monoisotopic (exact) mass is 138 g/mol. The Labute approximate surface area is 60.4 Å². The fourth-order valence-corrected chi connectivity index (χ4v) is 0.492. The summed E-state index contributed by atoms with van der Waals surface area (Å²) in [6.45, 7) is 3.54. The van der Waals surface area contributed by atoms with Gasteiger partial charge < -0.3 is 4.74 Å². The Kier molecular flexibility index (Phi) is 3.20. The van der Waals surface area contributed by atoms with Gasteiger partial charge in [-0.25, -0.2) is 0 Å². The van der Waals surface area contributed by atoms with Gasteiger partial charge in [-0.1, -0.05) is 5.57 Å². The van der Waals surface area contributed by atoms with Crippen LogP contribution in [0, 0.1) is 16.7 Å². The summed E-state index contributed by atoms with van der Waals surface area (Å²) >= 11 is 0. The summed E-state index contributed by atoms with van der Waals surface area (Å²) in [5, 5.41) is 15.6. The van der Waals surface area contributed by atoms with Gasteiger partial charge in [0.15, 0.2) is 0 Å². The van der Waals surface area contributed by atoms with Gasteiger partial charge in [0, 0.05) is 0 Å². The number of ether oxygens (including phenoxy) is 1. The van der Waals surface area contributed by atoms with Crippen LogP contribution in [0.5, 0.6) is 0 Å². The molecular formula is C7H10N2O. The minimum absolute atomic E-state index is 0.0671. The molecule has 0 amide bonds. The Morgan fingerprint density at radius 1 is 1.50 bits per heavy atom. The number of rotatable bonds is 1. The third-order valence-electron chi connectivity index (χ3n) is 1.04. The van der Waals surface area contributed by atoms with Crippen LogP contribution in [0.15, 0.2) is 11.1 Å². The van der Waals surface area contributed by atoms with E-state index in [4.69, 9.17) is 10.7 Å². The second-order valence-electron chi connectivity index (χ2n) is 2.02. The first-order valence-corrected chi connectivity index (χ1v) is 2.84. The predicted octanol–water partition coefficient (Wildman–Crippen LogP) is 1.47. The van der Waals surface area contributed by atoms with Crippen molar-refractivity contribution in [3.05, 3.63) is 11.1 Å². The normalized spacial score (nSPS) is 7.80. The van der Waals surface area contributed by atoms with Crippen LogP contribution in [0.3, 0.4) is 0 Å². The molecule has 0 bridgehead atoms. The molecule has 3 heteroatoms. The summed E-state index contributed by atoms with van der Waals surface area (Å²) in [5.41, 5.74) is 1.11. The molecule has 0 atom stereocenters. The molecule has 0 aliphatic rings. The minimum Gasteiger partial charge on any atom is -0.480 e. The highest BCUT2D eigenvalue weighted by molar-refractivity contribution is 5.95. The van der Waals surface area contributed by atoms with Crippen molar-refractivity contribution in [1.82, 2.24) is 0 Å². The number of nitrogens with one attached hydrogen (secondary N) is 1. The van der Waals surface area contributed by atoms with Gasteiger partial charge in [-0.3, -0.25) is 5.41 Å². The van der Waals surface area contributed by atoms with Crippen LogP contribution in [0.2, 0.25) is 0 Å². The zero-order valence-corrected chi connectivity index (χ0v) is 6.36. The Hall–Kier alpha value is -1.30. The summed E-state index contributed by atoms with van der Waals surface area (Å²) in [6.07, 6.45) is 0. The Morgan fingerprint density at radius 3 is 2.10 bits per heavy atom. The van der Waals surface area contributed by atoms with Gasteiger partial charge in [0.1, 0.15) is 11.6 Å². The van der Waals surface area contributed by atoms with Crippen LogP contribution < -0.4 is 0 Å². The van der Waals surface area contributed by atoms with Crippen LogP contribution in [0.4, 0.5) is 0 Å². The van der Waals surface area contributed by atoms with Gasteiger partial charge in [-0.2, -0.15) is 5.26 Å². The molecule has 0 heterocycles. The maximum Gasteiger partial charge on any atom is 0.223 e. The summed E-state index contributed by atoms with van der Waals surface area (Å²) in [6, 6.07) is 1.88. The van der Waals surface area contributed by atoms with Crippen molar-refractivity contribution in [3.8, 4) is 6.07 Å². The first kappa shape index (κ1) is 8.70. The fraction of sp³-hybridized carbons (Fsp3) is 0.429. The molecule has 0 saturated heterocycles. The van der Waals surface area contributed by atoms with Gasteiger partial charge in [0.25, 0.3) is 0 Å². The van der Waals surface area contributed by atoms with E-state index in [1.54, 1.807) is 13.8 Å². The lowest BCUT2D eigenvalue weighted by Gasteiger charge is -1.99. The summed E-state index contributed by atoms with van der Waals surface area (Å²) in [5.74, 6) is -0.0671. The highest BCUT2D eigenvalue weighted by Crippen LogP contribution is 2.02. The molecule has 0 saturated carbocycles. The maximum atomic E-state index is 8.47. The van der Waals surface area contributed by atoms with Crippen molar-refractivity contribution in [2.24, 2.45) is 0 Å². The molecule has 1 N–H and O–H groups in total. The number of allylic oxidation sites excluding steroid dienone is 1. The molecule has 3 nitrogen and oxygen atoms in total. The number of nitriles is 1. The van der Waals surface area contributed by atoms with E-state index in [1.807, 2.05) is 6.07 Å². The molecule has 10 heavy (non-hydrogen) atoms. The zero-order chi connectivity index (χ0) is 8.15. The molecule has 0 unspecified atom stereocenters. The number of hydrogen-bond donors (Lipinski definition) is 1. The van der Waals surface area contributed by atoms with Crippen molar-refractivity contribution in [1.29, 1.82) is 10.7 Å². The van der Waals surface area contributed by atoms with Crippen molar-refractivity contribution in [3.63, 3.8) is 0 Å². The smallest absolute Gasteiger partial charge is 0.223 e. The molecule has 0 aliphatic carbocycles. The second-order valence-corrected chi connectivity index (χ2v) is 2.02. The van der Waals surface area contributed by atoms with E-state index in [9.17, 15) is 0 Å². The lowest BCUT2D eigenvalue weighted by atomic mass is 10.2. The van der Waals surface area contributed by atoms with Crippen LogP contribution in [0.1, 0.15) is 13.8 Å². The first-order chi connectivity index (χ1) is 4.63. The number of hydrogen-bond acceptors (Lipinski definition) is 3. The van der Waals surface area contributed by atoms with Gasteiger partial charge in [-0.05, 0) is 13.8 Å². The molecule has 0 aromatic rings. The quantitative estimate of drug-likeness (QED) is 0.339. The lowest BCUT2D eigenvalue weighted by Crippen LogP contribution is -2.03. The summed E-state index contributed by atoms with van der Waals surface area (Å²) in [7, 11) is 1.38. The third-order valence-corrected chi connectivity index (χ3v) is 1.04. The molecule has 0 aromatic carbocycles. The maximum absolute atomic E-state index is 8.47. The lowest BCUT2D eigenvalue weighted by molar-refractivity contribution is 0.401. The van der Waals surface area contributed by atoms with E-state index < -0.39 is 0 Å². The van der Waals surface area contributed by atoms with Gasteiger partial charge >= 0.3 is 0 Å². The second kappa shape index (κ2) is 3.67.